The molecule has 1 fully saturated rings. The molecule has 0 aliphatic carbocycles. The average Bonchev–Trinajstić information content (AvgIpc) is 2.80. The lowest BCUT2D eigenvalue weighted by molar-refractivity contribution is -0.122. The van der Waals surface area contributed by atoms with E-state index in [2.05, 4.69) is 27.9 Å². The van der Waals surface area contributed by atoms with Crippen LogP contribution in [-0.4, -0.2) is 25.0 Å². The predicted octanol–water partition coefficient (Wildman–Crippen LogP) is 5.16. The van der Waals surface area contributed by atoms with Crippen LogP contribution in [0, 0.1) is 17.4 Å². The highest BCUT2D eigenvalue weighted by atomic mass is 127. The largest absolute Gasteiger partial charge is 0.493 e. The van der Waals surface area contributed by atoms with Crippen LogP contribution in [0.5, 0.6) is 11.5 Å². The molecule has 1 aliphatic rings. The number of nitrogens with one attached hydrogen (secondary N) is 1. The highest BCUT2D eigenvalue weighted by Gasteiger charge is 2.36. The Bertz CT molecular complexity index is 1370. The first-order chi connectivity index (χ1) is 16.8. The monoisotopic (exact) mass is 582 g/mol. The summed E-state index contributed by atoms with van der Waals surface area (Å²) in [6, 6.07) is 17.7. The summed E-state index contributed by atoms with van der Waals surface area (Å²) in [4.78, 5) is 39.1. The number of carbonyl (C=O) groups excluding carboxylic acids is 3. The maximum Gasteiger partial charge on any atom is 0.335 e. The highest BCUT2D eigenvalue weighted by molar-refractivity contribution is 14.1. The van der Waals surface area contributed by atoms with Gasteiger partial charge in [-0.15, -0.1) is 0 Å². The SMILES string of the molecule is COc1cc(/C=C2\C(=O)NC(=O)N(c3cccc(C)c3)C2=O)cc(I)c1OCc1cccc(C)c1. The first kappa shape index (κ1) is 24.5. The number of carbonyl (C=O) groups is 3. The topological polar surface area (TPSA) is 84.9 Å². The molecule has 178 valence electrons. The summed E-state index contributed by atoms with van der Waals surface area (Å²) >= 11 is 2.13. The fourth-order valence-electron chi connectivity index (χ4n) is 3.75. The van der Waals surface area contributed by atoms with Crippen LogP contribution in [0.2, 0.25) is 0 Å². The number of aryl methyl sites for hydroxylation is 2. The van der Waals surface area contributed by atoms with Crippen LogP contribution < -0.4 is 19.7 Å². The van der Waals surface area contributed by atoms with E-state index in [-0.39, 0.29) is 5.57 Å². The number of methoxy groups -OCH3 is 1. The predicted molar refractivity (Wildman–Crippen MR) is 141 cm³/mol. The van der Waals surface area contributed by atoms with Crippen LogP contribution in [0.4, 0.5) is 10.5 Å². The lowest BCUT2D eigenvalue weighted by Crippen LogP contribution is -2.54. The van der Waals surface area contributed by atoms with Crippen molar-refractivity contribution < 1.29 is 23.9 Å². The number of nitrogens with zero attached hydrogens (tertiary/aromatic N) is 1. The summed E-state index contributed by atoms with van der Waals surface area (Å²) in [5.74, 6) is -0.421. The minimum Gasteiger partial charge on any atom is -0.493 e. The molecule has 4 amide bonds. The molecule has 1 heterocycles. The minimum atomic E-state index is -0.783. The van der Waals surface area contributed by atoms with Gasteiger partial charge in [0.15, 0.2) is 11.5 Å². The molecule has 35 heavy (non-hydrogen) atoms. The Morgan fingerprint density at radius 2 is 1.69 bits per heavy atom. The van der Waals surface area contributed by atoms with E-state index in [1.165, 1.54) is 13.2 Å². The Morgan fingerprint density at radius 1 is 0.971 bits per heavy atom. The van der Waals surface area contributed by atoms with Crippen molar-refractivity contribution in [2.75, 3.05) is 12.0 Å². The van der Waals surface area contributed by atoms with Crippen molar-refractivity contribution in [3.8, 4) is 11.5 Å². The van der Waals surface area contributed by atoms with E-state index in [4.69, 9.17) is 9.47 Å². The van der Waals surface area contributed by atoms with Gasteiger partial charge in [0.1, 0.15) is 12.2 Å². The number of barbiturate groups is 1. The summed E-state index contributed by atoms with van der Waals surface area (Å²) < 4.78 is 12.3. The molecule has 1 aliphatic heterocycles. The van der Waals surface area contributed by atoms with Gasteiger partial charge in [0.05, 0.1) is 16.4 Å². The number of hydrogen-bond acceptors (Lipinski definition) is 5. The van der Waals surface area contributed by atoms with E-state index in [9.17, 15) is 14.4 Å². The van der Waals surface area contributed by atoms with Crippen LogP contribution in [0.3, 0.4) is 0 Å². The van der Waals surface area contributed by atoms with Crippen LogP contribution in [0.1, 0.15) is 22.3 Å². The third-order valence-corrected chi connectivity index (χ3v) is 6.19. The quantitative estimate of drug-likeness (QED) is 0.247. The summed E-state index contributed by atoms with van der Waals surface area (Å²) in [5, 5.41) is 2.25. The zero-order valence-corrected chi connectivity index (χ0v) is 21.6. The standard InChI is InChI=1S/C27H23IN2O5/c1-16-6-4-8-18(10-16)15-35-24-22(28)13-19(14-23(24)34-3)12-21-25(31)29-27(33)30(26(21)32)20-9-5-7-17(2)11-20/h4-14H,15H2,1-3H3,(H,29,31,33)/b21-12+. The molecule has 0 aromatic heterocycles. The Balaban J connectivity index is 1.64. The van der Waals surface area contributed by atoms with Crippen molar-refractivity contribution in [2.45, 2.75) is 20.5 Å². The zero-order chi connectivity index (χ0) is 25.1. The molecule has 1 N–H and O–H groups in total. The summed E-state index contributed by atoms with van der Waals surface area (Å²) in [6.07, 6.45) is 1.45. The first-order valence-corrected chi connectivity index (χ1v) is 11.9. The van der Waals surface area contributed by atoms with E-state index in [0.717, 1.165) is 25.2 Å². The normalized spacial score (nSPS) is 14.8. The molecule has 0 saturated carbocycles. The molecule has 1 saturated heterocycles. The van der Waals surface area contributed by atoms with Crippen molar-refractivity contribution in [3.63, 3.8) is 0 Å². The molecule has 0 unspecified atom stereocenters. The van der Waals surface area contributed by atoms with Gasteiger partial charge in [0.25, 0.3) is 11.8 Å². The number of amides is 4. The summed E-state index contributed by atoms with van der Waals surface area (Å²) in [6.45, 7) is 4.24. The van der Waals surface area contributed by atoms with Gasteiger partial charge in [-0.1, -0.05) is 42.0 Å². The van der Waals surface area contributed by atoms with Crippen LogP contribution in [-0.2, 0) is 16.2 Å². The molecular formula is C27H23IN2O5. The summed E-state index contributed by atoms with van der Waals surface area (Å²) in [7, 11) is 1.53. The number of hydrogen-bond donors (Lipinski definition) is 1. The van der Waals surface area contributed by atoms with Crippen molar-refractivity contribution in [3.05, 3.63) is 92.1 Å². The molecule has 4 rings (SSSR count). The maximum absolute atomic E-state index is 13.2. The molecule has 3 aromatic carbocycles. The smallest absolute Gasteiger partial charge is 0.335 e. The number of imide groups is 2. The highest BCUT2D eigenvalue weighted by Crippen LogP contribution is 2.35. The van der Waals surface area contributed by atoms with Crippen molar-refractivity contribution in [2.24, 2.45) is 0 Å². The Kier molecular flexibility index (Phi) is 7.20. The average molecular weight is 582 g/mol. The molecule has 0 radical (unpaired) electrons. The Morgan fingerprint density at radius 3 is 2.37 bits per heavy atom. The second-order valence-corrected chi connectivity index (χ2v) is 9.27. The summed E-state index contributed by atoms with van der Waals surface area (Å²) in [5.41, 5.74) is 3.84. The van der Waals surface area contributed by atoms with Gasteiger partial charge in [-0.3, -0.25) is 14.9 Å². The number of urea groups is 1. The van der Waals surface area contributed by atoms with Crippen LogP contribution in [0.25, 0.3) is 6.08 Å². The second-order valence-electron chi connectivity index (χ2n) is 8.11. The molecule has 7 nitrogen and oxygen atoms in total. The van der Waals surface area contributed by atoms with Gasteiger partial charge >= 0.3 is 6.03 Å². The molecule has 0 bridgehead atoms. The maximum atomic E-state index is 13.2. The van der Waals surface area contributed by atoms with Gasteiger partial charge in [-0.25, -0.2) is 9.69 Å². The van der Waals surface area contributed by atoms with E-state index in [1.54, 1.807) is 30.3 Å². The Labute approximate surface area is 216 Å². The third-order valence-electron chi connectivity index (χ3n) is 5.39. The fraction of sp³-hybridized carbons (Fsp3) is 0.148. The number of ether oxygens (including phenoxy) is 2. The van der Waals surface area contributed by atoms with Gasteiger partial charge < -0.3 is 9.47 Å². The number of rotatable bonds is 6. The molecule has 8 heteroatoms. The number of benzene rings is 3. The van der Waals surface area contributed by atoms with Gasteiger partial charge in [-0.05, 0) is 83.5 Å². The molecule has 3 aromatic rings. The van der Waals surface area contributed by atoms with Crippen molar-refractivity contribution >= 4 is 52.2 Å². The first-order valence-electron chi connectivity index (χ1n) is 10.8. The van der Waals surface area contributed by atoms with E-state index < -0.39 is 17.8 Å². The molecular weight excluding hydrogens is 559 g/mol. The van der Waals surface area contributed by atoms with E-state index in [0.29, 0.717) is 29.4 Å². The van der Waals surface area contributed by atoms with Gasteiger partial charge in [0, 0.05) is 0 Å². The van der Waals surface area contributed by atoms with Gasteiger partial charge in [-0.2, -0.15) is 0 Å². The van der Waals surface area contributed by atoms with Crippen molar-refractivity contribution in [1.82, 2.24) is 5.32 Å². The molecule has 0 spiro atoms. The number of anilines is 1. The minimum absolute atomic E-state index is 0.155. The van der Waals surface area contributed by atoms with E-state index in [1.807, 2.05) is 44.2 Å². The van der Waals surface area contributed by atoms with Crippen molar-refractivity contribution in [1.29, 1.82) is 0 Å². The number of halogens is 1. The zero-order valence-electron chi connectivity index (χ0n) is 19.4. The molecule has 0 atom stereocenters. The third kappa shape index (κ3) is 5.37. The second kappa shape index (κ2) is 10.3. The van der Waals surface area contributed by atoms with Crippen LogP contribution >= 0.6 is 22.6 Å². The fourth-order valence-corrected chi connectivity index (χ4v) is 4.53. The van der Waals surface area contributed by atoms with E-state index >= 15 is 0 Å². The lowest BCUT2D eigenvalue weighted by atomic mass is 10.1. The van der Waals surface area contributed by atoms with Gasteiger partial charge in [0.2, 0.25) is 0 Å². The Hall–Kier alpha value is -3.66. The lowest BCUT2D eigenvalue weighted by Gasteiger charge is -2.26. The van der Waals surface area contributed by atoms with Crippen LogP contribution in [0.15, 0.2) is 66.2 Å².